The minimum atomic E-state index is -0.518. The van der Waals surface area contributed by atoms with Crippen LogP contribution in [0.1, 0.15) is 0 Å². The molecule has 2 aromatic rings. The zero-order valence-electron chi connectivity index (χ0n) is 11.3. The zero-order valence-corrected chi connectivity index (χ0v) is 11.3. The molecule has 2 rings (SSSR count). The fourth-order valence-corrected chi connectivity index (χ4v) is 1.35. The van der Waals surface area contributed by atoms with E-state index >= 15 is 0 Å². The summed E-state index contributed by atoms with van der Waals surface area (Å²) in [5, 5.41) is 20.3. The largest absolute Gasteiger partial charge is 0.397 e. The SMILES string of the molecule is Nc1ccc([N+](=O)[O-])cc1N.Nc1ccc([N+](=O)[O-])cc1N. The van der Waals surface area contributed by atoms with Crippen LogP contribution in [-0.4, -0.2) is 9.85 Å². The average Bonchev–Trinajstić information content (AvgIpc) is 2.45. The third-order valence-electron chi connectivity index (χ3n) is 2.56. The van der Waals surface area contributed by atoms with E-state index in [1.807, 2.05) is 0 Å². The smallest absolute Gasteiger partial charge is 0.271 e. The van der Waals surface area contributed by atoms with Crippen LogP contribution < -0.4 is 22.9 Å². The molecule has 0 heterocycles. The van der Waals surface area contributed by atoms with Gasteiger partial charge in [0.15, 0.2) is 0 Å². The van der Waals surface area contributed by atoms with Crippen molar-refractivity contribution in [3.8, 4) is 0 Å². The molecular formula is C12H14N6O4. The van der Waals surface area contributed by atoms with Crippen LogP contribution in [0.2, 0.25) is 0 Å². The van der Waals surface area contributed by atoms with Crippen LogP contribution in [0.5, 0.6) is 0 Å². The third kappa shape index (κ3) is 4.23. The molecule has 8 N–H and O–H groups in total. The molecule has 0 aliphatic heterocycles. The van der Waals surface area contributed by atoms with Gasteiger partial charge in [-0.2, -0.15) is 0 Å². The van der Waals surface area contributed by atoms with E-state index in [9.17, 15) is 20.2 Å². The molecule has 0 fully saturated rings. The number of hydrogen-bond donors (Lipinski definition) is 4. The van der Waals surface area contributed by atoms with Gasteiger partial charge in [0.25, 0.3) is 11.4 Å². The Morgan fingerprint density at radius 3 is 1.18 bits per heavy atom. The van der Waals surface area contributed by atoms with Crippen LogP contribution in [-0.2, 0) is 0 Å². The molecule has 10 heteroatoms. The van der Waals surface area contributed by atoms with E-state index in [-0.39, 0.29) is 22.7 Å². The summed E-state index contributed by atoms with van der Waals surface area (Å²) in [6.07, 6.45) is 0. The lowest BCUT2D eigenvalue weighted by Crippen LogP contribution is -1.96. The van der Waals surface area contributed by atoms with Crippen molar-refractivity contribution in [3.05, 3.63) is 56.6 Å². The van der Waals surface area contributed by atoms with Crippen LogP contribution in [0.25, 0.3) is 0 Å². The highest BCUT2D eigenvalue weighted by atomic mass is 16.6. The topological polar surface area (TPSA) is 190 Å². The molecule has 0 aromatic heterocycles. The van der Waals surface area contributed by atoms with Gasteiger partial charge in [-0.15, -0.1) is 0 Å². The summed E-state index contributed by atoms with van der Waals surface area (Å²) >= 11 is 0. The van der Waals surface area contributed by atoms with Crippen molar-refractivity contribution >= 4 is 34.1 Å². The molecule has 0 spiro atoms. The van der Waals surface area contributed by atoms with Crippen molar-refractivity contribution in [2.75, 3.05) is 22.9 Å². The fraction of sp³-hybridized carbons (Fsp3) is 0. The number of benzene rings is 2. The van der Waals surface area contributed by atoms with Crippen molar-refractivity contribution in [3.63, 3.8) is 0 Å². The first-order valence-corrected chi connectivity index (χ1v) is 5.81. The quantitative estimate of drug-likeness (QED) is 0.364. The number of nitro groups is 2. The Hall–Kier alpha value is -3.56. The number of hydrogen-bond acceptors (Lipinski definition) is 8. The first kappa shape index (κ1) is 16.5. The van der Waals surface area contributed by atoms with Crippen LogP contribution in [0, 0.1) is 20.2 Å². The van der Waals surface area contributed by atoms with Crippen molar-refractivity contribution in [1.82, 2.24) is 0 Å². The maximum Gasteiger partial charge on any atom is 0.271 e. The van der Waals surface area contributed by atoms with Gasteiger partial charge in [0.05, 0.1) is 32.6 Å². The summed E-state index contributed by atoms with van der Waals surface area (Å²) in [7, 11) is 0. The lowest BCUT2D eigenvalue weighted by atomic mass is 10.2. The van der Waals surface area contributed by atoms with Crippen LogP contribution in [0.4, 0.5) is 34.1 Å². The second kappa shape index (κ2) is 6.74. The number of nitro benzene ring substituents is 2. The van der Waals surface area contributed by atoms with Gasteiger partial charge in [0.1, 0.15) is 0 Å². The molecule has 0 aliphatic rings. The van der Waals surface area contributed by atoms with E-state index in [2.05, 4.69) is 0 Å². The van der Waals surface area contributed by atoms with Crippen LogP contribution >= 0.6 is 0 Å². The van der Waals surface area contributed by atoms with Gasteiger partial charge in [0.2, 0.25) is 0 Å². The van der Waals surface area contributed by atoms with Gasteiger partial charge in [-0.1, -0.05) is 0 Å². The van der Waals surface area contributed by atoms with Gasteiger partial charge < -0.3 is 22.9 Å². The van der Waals surface area contributed by atoms with Crippen molar-refractivity contribution in [1.29, 1.82) is 0 Å². The van der Waals surface area contributed by atoms with Crippen molar-refractivity contribution in [2.45, 2.75) is 0 Å². The molecule has 0 atom stereocenters. The highest BCUT2D eigenvalue weighted by molar-refractivity contribution is 5.67. The van der Waals surface area contributed by atoms with E-state index in [0.717, 1.165) is 0 Å². The summed E-state index contributed by atoms with van der Waals surface area (Å²) in [5.74, 6) is 0. The number of nitrogens with zero attached hydrogens (tertiary/aromatic N) is 2. The van der Waals surface area contributed by atoms with Gasteiger partial charge in [-0.05, 0) is 12.1 Å². The van der Waals surface area contributed by atoms with Crippen LogP contribution in [0.3, 0.4) is 0 Å². The molecule has 0 unspecified atom stereocenters. The standard InChI is InChI=1S/2C6H7N3O2/c2*7-5-2-1-4(9(10)11)3-6(5)8/h2*1-3H,7-8H2. The Kier molecular flexibility index (Phi) is 5.06. The highest BCUT2D eigenvalue weighted by Crippen LogP contribution is 2.21. The predicted octanol–water partition coefficient (Wildman–Crippen LogP) is 1.52. The van der Waals surface area contributed by atoms with Gasteiger partial charge in [-0.3, -0.25) is 20.2 Å². The van der Waals surface area contributed by atoms with Crippen molar-refractivity contribution in [2.24, 2.45) is 0 Å². The first-order valence-electron chi connectivity index (χ1n) is 5.81. The lowest BCUT2D eigenvalue weighted by Gasteiger charge is -1.97. The monoisotopic (exact) mass is 306 g/mol. The minimum Gasteiger partial charge on any atom is -0.397 e. The maximum atomic E-state index is 10.2. The van der Waals surface area contributed by atoms with E-state index in [4.69, 9.17) is 22.9 Å². The Labute approximate surface area is 124 Å². The van der Waals surface area contributed by atoms with Crippen molar-refractivity contribution < 1.29 is 9.85 Å². The van der Waals surface area contributed by atoms with Gasteiger partial charge in [0, 0.05) is 24.3 Å². The third-order valence-corrected chi connectivity index (χ3v) is 2.56. The number of nitrogens with two attached hydrogens (primary N) is 4. The Morgan fingerprint density at radius 1 is 0.636 bits per heavy atom. The van der Waals surface area contributed by atoms with E-state index < -0.39 is 9.85 Å². The molecule has 0 bridgehead atoms. The van der Waals surface area contributed by atoms with E-state index in [1.54, 1.807) is 0 Å². The molecule has 2 aromatic carbocycles. The molecule has 116 valence electrons. The maximum absolute atomic E-state index is 10.2. The number of rotatable bonds is 2. The number of nitrogen functional groups attached to an aromatic ring is 4. The average molecular weight is 306 g/mol. The predicted molar refractivity (Wildman–Crippen MR) is 83.8 cm³/mol. The highest BCUT2D eigenvalue weighted by Gasteiger charge is 2.06. The molecule has 22 heavy (non-hydrogen) atoms. The van der Waals surface area contributed by atoms with Gasteiger partial charge >= 0.3 is 0 Å². The van der Waals surface area contributed by atoms with Crippen LogP contribution in [0.15, 0.2) is 36.4 Å². The van der Waals surface area contributed by atoms with E-state index in [1.165, 1.54) is 36.4 Å². The lowest BCUT2D eigenvalue weighted by molar-refractivity contribution is -0.385. The molecule has 0 radical (unpaired) electrons. The molecule has 0 saturated carbocycles. The summed E-state index contributed by atoms with van der Waals surface area (Å²) in [6.45, 7) is 0. The zero-order chi connectivity index (χ0) is 16.9. The first-order chi connectivity index (χ1) is 10.2. The minimum absolute atomic E-state index is 0.0447. The molecule has 10 nitrogen and oxygen atoms in total. The second-order valence-corrected chi connectivity index (χ2v) is 4.14. The summed E-state index contributed by atoms with van der Waals surface area (Å²) in [6, 6.07) is 7.91. The van der Waals surface area contributed by atoms with E-state index in [0.29, 0.717) is 11.4 Å². The Bertz CT molecular complexity index is 657. The Balaban J connectivity index is 0.000000220. The molecule has 0 saturated heterocycles. The summed E-state index contributed by atoms with van der Waals surface area (Å²) < 4.78 is 0. The van der Waals surface area contributed by atoms with Gasteiger partial charge in [-0.25, -0.2) is 0 Å². The molecule has 0 amide bonds. The molecule has 0 aliphatic carbocycles. The summed E-state index contributed by atoms with van der Waals surface area (Å²) in [5.41, 5.74) is 22.4. The second-order valence-electron chi connectivity index (χ2n) is 4.14. The normalized spacial score (nSPS) is 9.45. The summed E-state index contributed by atoms with van der Waals surface area (Å²) in [4.78, 5) is 19.3. The molecular weight excluding hydrogens is 292 g/mol. The number of non-ortho nitro benzene ring substituents is 2. The number of anilines is 4. The Morgan fingerprint density at radius 2 is 0.955 bits per heavy atom. The fourth-order valence-electron chi connectivity index (χ4n) is 1.35.